The van der Waals surface area contributed by atoms with Crippen LogP contribution in [0.15, 0.2) is 91.0 Å². The van der Waals surface area contributed by atoms with Gasteiger partial charge in [0.2, 0.25) is 17.7 Å². The van der Waals surface area contributed by atoms with E-state index in [2.05, 4.69) is 34.9 Å². The topological polar surface area (TPSA) is 166 Å². The minimum atomic E-state index is -0.850. The standard InChI is InChI=1S/C50H58N4O8/c1-31(60-29-33-20-18-32(19-21-33)11-10-26-52-49(59)62-50(2,3)4)42(24-25-44(51)55)53-47(57)43-27-35-13-9-12-34-22-23-36(48(58)54(43)46(34)35)28-45(56)61-30-41-39-16-7-5-14-37(39)38-15-6-8-17-40(38)41/h5-9,12-21,31,36,41-43H,10-11,22-30H2,1-4H3,(H2,51,55)(H,52,59)(H,53,57)/t31-,36-,42+,43+/m1/s1. The van der Waals surface area contributed by atoms with Crippen molar-refractivity contribution < 1.29 is 38.2 Å². The van der Waals surface area contributed by atoms with Gasteiger partial charge in [0.25, 0.3) is 0 Å². The van der Waals surface area contributed by atoms with E-state index in [4.69, 9.17) is 19.9 Å². The van der Waals surface area contributed by atoms with Crippen molar-refractivity contribution in [2.24, 2.45) is 11.7 Å². The number of carbonyl (C=O) groups is 5. The zero-order valence-electron chi connectivity index (χ0n) is 36.1. The van der Waals surface area contributed by atoms with Crippen molar-refractivity contribution in [2.75, 3.05) is 18.1 Å². The number of esters is 1. The molecule has 4 aromatic rings. The summed E-state index contributed by atoms with van der Waals surface area (Å²) in [5, 5.41) is 5.90. The van der Waals surface area contributed by atoms with E-state index in [1.165, 1.54) is 0 Å². The van der Waals surface area contributed by atoms with Crippen molar-refractivity contribution in [3.63, 3.8) is 0 Å². The van der Waals surface area contributed by atoms with Crippen LogP contribution in [-0.2, 0) is 59.3 Å². The fourth-order valence-electron chi connectivity index (χ4n) is 8.91. The number of anilines is 1. The molecule has 0 saturated heterocycles. The number of benzene rings is 4. The molecule has 0 aromatic heterocycles. The molecular formula is C50H58N4O8. The maximum absolute atomic E-state index is 14.5. The van der Waals surface area contributed by atoms with Gasteiger partial charge >= 0.3 is 12.1 Å². The summed E-state index contributed by atoms with van der Waals surface area (Å²) in [5.74, 6) is -2.35. The van der Waals surface area contributed by atoms with Gasteiger partial charge in [-0.1, -0.05) is 91.0 Å². The molecule has 4 atom stereocenters. The molecule has 12 nitrogen and oxygen atoms in total. The molecule has 4 amide bonds. The highest BCUT2D eigenvalue weighted by atomic mass is 16.6. The molecule has 0 spiro atoms. The van der Waals surface area contributed by atoms with Crippen LogP contribution in [0.3, 0.4) is 0 Å². The Morgan fingerprint density at radius 1 is 0.871 bits per heavy atom. The van der Waals surface area contributed by atoms with Gasteiger partial charge in [-0.15, -0.1) is 0 Å². The Kier molecular flexibility index (Phi) is 13.8. The van der Waals surface area contributed by atoms with Gasteiger partial charge in [-0.25, -0.2) is 4.79 Å². The van der Waals surface area contributed by atoms with Crippen LogP contribution in [0.4, 0.5) is 10.5 Å². The minimum absolute atomic E-state index is 0.0377. The van der Waals surface area contributed by atoms with Crippen molar-refractivity contribution in [1.82, 2.24) is 10.6 Å². The number of fused-ring (bicyclic) bond motifs is 3. The van der Waals surface area contributed by atoms with Crippen molar-refractivity contribution in [1.29, 1.82) is 0 Å². The van der Waals surface area contributed by atoms with E-state index in [-0.39, 0.29) is 50.2 Å². The van der Waals surface area contributed by atoms with Gasteiger partial charge < -0.3 is 30.6 Å². The molecule has 4 aromatic carbocycles. The molecule has 0 fully saturated rings. The Morgan fingerprint density at radius 2 is 1.53 bits per heavy atom. The highest BCUT2D eigenvalue weighted by molar-refractivity contribution is 6.06. The van der Waals surface area contributed by atoms with E-state index in [0.29, 0.717) is 25.8 Å². The number of ether oxygens (including phenoxy) is 3. The highest BCUT2D eigenvalue weighted by Gasteiger charge is 2.45. The number of rotatable bonds is 17. The Labute approximate surface area is 363 Å². The second kappa shape index (κ2) is 19.4. The molecular weight excluding hydrogens is 785 g/mol. The normalized spacial score (nSPS) is 17.5. The molecule has 0 bridgehead atoms. The number of hydrogen-bond acceptors (Lipinski definition) is 8. The quantitative estimate of drug-likeness (QED) is 0.0751. The van der Waals surface area contributed by atoms with Gasteiger partial charge in [-0.2, -0.15) is 0 Å². The highest BCUT2D eigenvalue weighted by Crippen LogP contribution is 2.45. The SMILES string of the molecule is C[C@@H](OCc1ccc(CCCNC(=O)OC(C)(C)C)cc1)[C@H](CCC(N)=O)NC(=O)[C@@H]1Cc2cccc3c2N1C(=O)[C@@H](CC(=O)OCC1c2ccccc2-c2ccccc21)CC3. The number of carbonyl (C=O) groups excluding carboxylic acids is 5. The molecule has 7 rings (SSSR count). The van der Waals surface area contributed by atoms with Gasteiger partial charge in [0, 0.05) is 31.2 Å². The summed E-state index contributed by atoms with van der Waals surface area (Å²) in [4.78, 5) is 67.8. The van der Waals surface area contributed by atoms with E-state index >= 15 is 0 Å². The third-order valence-corrected chi connectivity index (χ3v) is 12.0. The first-order valence-corrected chi connectivity index (χ1v) is 21.8. The lowest BCUT2D eigenvalue weighted by Crippen LogP contribution is -2.54. The monoisotopic (exact) mass is 842 g/mol. The van der Waals surface area contributed by atoms with Crippen LogP contribution in [0.1, 0.15) is 99.1 Å². The molecule has 0 saturated carbocycles. The fraction of sp³-hybridized carbons (Fsp3) is 0.420. The Balaban J connectivity index is 0.964. The number of primary amides is 1. The van der Waals surface area contributed by atoms with Crippen LogP contribution in [-0.4, -0.2) is 66.7 Å². The number of nitrogens with two attached hydrogens (primary N) is 1. The first-order chi connectivity index (χ1) is 29.8. The van der Waals surface area contributed by atoms with Crippen LogP contribution in [0.2, 0.25) is 0 Å². The summed E-state index contributed by atoms with van der Waals surface area (Å²) < 4.78 is 17.5. The lowest BCUT2D eigenvalue weighted by atomic mass is 9.95. The van der Waals surface area contributed by atoms with Crippen LogP contribution < -0.4 is 21.3 Å². The third kappa shape index (κ3) is 10.5. The molecule has 4 N–H and O–H groups in total. The molecule has 2 heterocycles. The predicted molar refractivity (Wildman–Crippen MR) is 236 cm³/mol. The van der Waals surface area contributed by atoms with Gasteiger partial charge in [-0.05, 0) is 104 Å². The zero-order chi connectivity index (χ0) is 44.0. The van der Waals surface area contributed by atoms with Crippen molar-refractivity contribution >= 4 is 35.5 Å². The first kappa shape index (κ1) is 44.1. The summed E-state index contributed by atoms with van der Waals surface area (Å²) in [5.41, 5.74) is 14.2. The van der Waals surface area contributed by atoms with E-state index in [1.54, 1.807) is 4.90 Å². The molecule has 2 aliphatic heterocycles. The van der Waals surface area contributed by atoms with E-state index in [9.17, 15) is 24.0 Å². The maximum Gasteiger partial charge on any atom is 0.407 e. The molecule has 12 heteroatoms. The van der Waals surface area contributed by atoms with Gasteiger partial charge in [0.1, 0.15) is 18.2 Å². The molecule has 326 valence electrons. The molecule has 1 aliphatic carbocycles. The van der Waals surface area contributed by atoms with E-state index in [0.717, 1.165) is 63.0 Å². The largest absolute Gasteiger partial charge is 0.465 e. The summed E-state index contributed by atoms with van der Waals surface area (Å²) in [6.45, 7) is 8.26. The summed E-state index contributed by atoms with van der Waals surface area (Å²) in [6, 6.07) is 28.8. The Morgan fingerprint density at radius 3 is 2.21 bits per heavy atom. The number of nitrogens with one attached hydrogen (secondary N) is 2. The zero-order valence-corrected chi connectivity index (χ0v) is 36.1. The lowest BCUT2D eigenvalue weighted by Gasteiger charge is -2.31. The molecule has 0 unspecified atom stereocenters. The summed E-state index contributed by atoms with van der Waals surface area (Å²) in [7, 11) is 0. The van der Waals surface area contributed by atoms with Crippen LogP contribution in [0.25, 0.3) is 11.1 Å². The van der Waals surface area contributed by atoms with E-state index in [1.807, 2.05) is 94.4 Å². The van der Waals surface area contributed by atoms with Crippen molar-refractivity contribution in [3.8, 4) is 11.1 Å². The van der Waals surface area contributed by atoms with E-state index < -0.39 is 47.7 Å². The maximum atomic E-state index is 14.5. The van der Waals surface area contributed by atoms with Crippen molar-refractivity contribution in [3.05, 3.63) is 124 Å². The number of nitrogens with zero attached hydrogens (tertiary/aromatic N) is 1. The summed E-state index contributed by atoms with van der Waals surface area (Å²) >= 11 is 0. The number of alkyl carbamates (subject to hydrolysis) is 1. The number of amides is 4. The Bertz CT molecular complexity index is 2240. The fourth-order valence-corrected chi connectivity index (χ4v) is 8.91. The van der Waals surface area contributed by atoms with Gasteiger partial charge in [0.05, 0.1) is 30.9 Å². The van der Waals surface area contributed by atoms with Crippen LogP contribution in [0.5, 0.6) is 0 Å². The van der Waals surface area contributed by atoms with Crippen LogP contribution in [0, 0.1) is 5.92 Å². The second-order valence-electron chi connectivity index (χ2n) is 17.7. The average Bonchev–Trinajstić information content (AvgIpc) is 3.75. The molecule has 0 radical (unpaired) electrons. The van der Waals surface area contributed by atoms with Gasteiger partial charge in [0.15, 0.2) is 0 Å². The average molecular weight is 843 g/mol. The van der Waals surface area contributed by atoms with Crippen LogP contribution >= 0.6 is 0 Å². The third-order valence-electron chi connectivity index (χ3n) is 12.0. The van der Waals surface area contributed by atoms with Crippen molar-refractivity contribution in [2.45, 2.75) is 115 Å². The molecule has 3 aliphatic rings. The number of para-hydroxylation sites is 1. The first-order valence-electron chi connectivity index (χ1n) is 21.8. The smallest absolute Gasteiger partial charge is 0.407 e. The number of hydrogen-bond donors (Lipinski definition) is 3. The predicted octanol–water partition coefficient (Wildman–Crippen LogP) is 7.07. The Hall–Kier alpha value is -6.01. The second-order valence-corrected chi connectivity index (χ2v) is 17.7. The minimum Gasteiger partial charge on any atom is -0.465 e. The number of aryl methyl sites for hydroxylation is 2. The lowest BCUT2D eigenvalue weighted by molar-refractivity contribution is -0.147. The van der Waals surface area contributed by atoms with Gasteiger partial charge in [-0.3, -0.25) is 24.1 Å². The summed E-state index contributed by atoms with van der Waals surface area (Å²) in [6.07, 6.45) is 2.14. The molecule has 62 heavy (non-hydrogen) atoms.